The summed E-state index contributed by atoms with van der Waals surface area (Å²) >= 11 is 17.1. The Morgan fingerprint density at radius 3 is 1.68 bits per heavy atom. The fourth-order valence-corrected chi connectivity index (χ4v) is 4.29. The summed E-state index contributed by atoms with van der Waals surface area (Å²) in [7, 11) is 5.77. The van der Waals surface area contributed by atoms with Gasteiger partial charge in [0.1, 0.15) is 21.4 Å². The van der Waals surface area contributed by atoms with E-state index in [0.29, 0.717) is 27.6 Å². The number of ether oxygens (including phenoxy) is 2. The van der Waals surface area contributed by atoms with Crippen molar-refractivity contribution < 1.29 is 38.9 Å². The van der Waals surface area contributed by atoms with Crippen LogP contribution in [0.15, 0.2) is 60.9 Å². The number of carbonyl (C=O) groups is 4. The highest BCUT2D eigenvalue weighted by atomic mass is 35.5. The minimum atomic E-state index is -1.12. The molecule has 7 N–H and O–H groups in total. The molecule has 0 spiro atoms. The molecular formula is C30H29Cl3N6O8. The number of carboxylic acid groups (broad SMARTS) is 2. The Morgan fingerprint density at radius 2 is 1.19 bits per heavy atom. The van der Waals surface area contributed by atoms with Crippen LogP contribution < -0.4 is 31.2 Å². The molecule has 2 amide bonds. The largest absolute Gasteiger partial charge is 0.494 e. The molecule has 4 aromatic rings. The van der Waals surface area contributed by atoms with Gasteiger partial charge in [0.05, 0.1) is 47.4 Å². The van der Waals surface area contributed by atoms with Gasteiger partial charge in [0, 0.05) is 26.5 Å². The molecule has 47 heavy (non-hydrogen) atoms. The molecule has 0 aliphatic carbocycles. The molecule has 0 saturated carbocycles. The van der Waals surface area contributed by atoms with Gasteiger partial charge < -0.3 is 41.4 Å². The van der Waals surface area contributed by atoms with Crippen LogP contribution in [0.5, 0.6) is 11.5 Å². The number of rotatable bonds is 8. The quantitative estimate of drug-likeness (QED) is 0.102. The molecular weight excluding hydrogens is 679 g/mol. The van der Waals surface area contributed by atoms with Crippen LogP contribution in [0, 0.1) is 0 Å². The zero-order chi connectivity index (χ0) is 35.3. The van der Waals surface area contributed by atoms with E-state index in [4.69, 9.17) is 55.1 Å². The first-order valence-corrected chi connectivity index (χ1v) is 14.2. The molecule has 2 heterocycles. The van der Waals surface area contributed by atoms with Crippen molar-refractivity contribution in [1.82, 2.24) is 20.6 Å². The van der Waals surface area contributed by atoms with E-state index in [0.717, 1.165) is 0 Å². The summed E-state index contributed by atoms with van der Waals surface area (Å²) < 4.78 is 10.0. The average Bonchev–Trinajstić information content (AvgIpc) is 3.04. The summed E-state index contributed by atoms with van der Waals surface area (Å²) in [5.74, 6) is -2.43. The molecule has 0 fully saturated rings. The lowest BCUT2D eigenvalue weighted by Crippen LogP contribution is -2.19. The van der Waals surface area contributed by atoms with Gasteiger partial charge in [-0.05, 0) is 36.4 Å². The molecule has 0 aliphatic heterocycles. The fraction of sp³-hybridized carbons (Fsp3) is 0.133. The van der Waals surface area contributed by atoms with Crippen LogP contribution in [0.1, 0.15) is 41.4 Å². The highest BCUT2D eigenvalue weighted by Crippen LogP contribution is 2.33. The number of carboxylic acids is 2. The molecule has 2 aromatic heterocycles. The number of hydrogen-bond donors (Lipinski definition) is 6. The van der Waals surface area contributed by atoms with Gasteiger partial charge in [-0.3, -0.25) is 9.59 Å². The van der Waals surface area contributed by atoms with Crippen LogP contribution in [0.2, 0.25) is 15.3 Å². The molecule has 2 aromatic carbocycles. The normalized spacial score (nSPS) is 9.77. The molecule has 248 valence electrons. The van der Waals surface area contributed by atoms with Crippen molar-refractivity contribution in [2.45, 2.75) is 0 Å². The predicted molar refractivity (Wildman–Crippen MR) is 178 cm³/mol. The number of anilines is 3. The number of nitrogen functional groups attached to an aromatic ring is 1. The zero-order valence-electron chi connectivity index (χ0n) is 25.2. The number of hydrogen-bond acceptors (Lipinski definition) is 10. The van der Waals surface area contributed by atoms with E-state index < -0.39 is 11.9 Å². The Labute approximate surface area is 283 Å². The van der Waals surface area contributed by atoms with Crippen molar-refractivity contribution in [3.63, 3.8) is 0 Å². The molecule has 0 unspecified atom stereocenters. The summed E-state index contributed by atoms with van der Waals surface area (Å²) in [6.07, 6.45) is 2.67. The SMILES string of the molecule is CNC(=O)c1cnc(Cl)cc1Cl.CNC(=O)c1cnc(Cl)cc1Nc1cccc(C(=O)O)c1OC.COc1c(N)cccc1C(=O)O. The summed E-state index contributed by atoms with van der Waals surface area (Å²) in [5.41, 5.74) is 7.25. The van der Waals surface area contributed by atoms with Crippen LogP contribution in [-0.4, -0.2) is 72.2 Å². The topological polar surface area (TPSA) is 215 Å². The second kappa shape index (κ2) is 18.0. The highest BCUT2D eigenvalue weighted by Gasteiger charge is 2.18. The van der Waals surface area contributed by atoms with Crippen LogP contribution >= 0.6 is 34.8 Å². The molecule has 4 rings (SSSR count). The first-order chi connectivity index (χ1) is 22.3. The van der Waals surface area contributed by atoms with E-state index >= 15 is 0 Å². The predicted octanol–water partition coefficient (Wildman–Crippen LogP) is 5.27. The Morgan fingerprint density at radius 1 is 0.702 bits per heavy atom. The lowest BCUT2D eigenvalue weighted by Gasteiger charge is -2.15. The van der Waals surface area contributed by atoms with Gasteiger partial charge in [-0.2, -0.15) is 0 Å². The summed E-state index contributed by atoms with van der Waals surface area (Å²) in [5, 5.41) is 26.6. The number of nitrogens with zero attached hydrogens (tertiary/aromatic N) is 2. The lowest BCUT2D eigenvalue weighted by molar-refractivity contribution is 0.0682. The van der Waals surface area contributed by atoms with E-state index in [-0.39, 0.29) is 50.3 Å². The smallest absolute Gasteiger partial charge is 0.339 e. The fourth-order valence-electron chi connectivity index (χ4n) is 3.68. The maximum absolute atomic E-state index is 11.9. The molecule has 14 nitrogen and oxygen atoms in total. The molecule has 0 saturated heterocycles. The van der Waals surface area contributed by atoms with Gasteiger partial charge >= 0.3 is 11.9 Å². The standard InChI is InChI=1S/C15H14ClN3O4.C8H9NO3.C7H6Cl2N2O/c1-17-14(20)9-7-18-12(16)6-11(9)19-10-5-3-4-8(15(21)22)13(10)23-2;1-12-7-5(8(10)11)3-2-4-6(7)9;1-10-7(12)4-3-11-6(9)2-5(4)8/h3-7H,1-2H3,(H,17,20)(H,18,19)(H,21,22);2-4H,9H2,1H3,(H,10,11);2-3H,1H3,(H,10,12). The third-order valence-electron chi connectivity index (χ3n) is 5.83. The van der Waals surface area contributed by atoms with Crippen molar-refractivity contribution in [2.75, 3.05) is 39.4 Å². The van der Waals surface area contributed by atoms with Crippen molar-refractivity contribution in [3.8, 4) is 11.5 Å². The van der Waals surface area contributed by atoms with Crippen LogP contribution in [0.4, 0.5) is 17.1 Å². The first-order valence-electron chi connectivity index (χ1n) is 13.0. The number of nitrogens with one attached hydrogen (secondary N) is 3. The third kappa shape index (κ3) is 10.4. The monoisotopic (exact) mass is 706 g/mol. The van der Waals surface area contributed by atoms with Gasteiger partial charge in [-0.1, -0.05) is 46.9 Å². The number of amides is 2. The number of para-hydroxylation sites is 2. The Kier molecular flexibility index (Phi) is 14.5. The Hall–Kier alpha value is -5.31. The van der Waals surface area contributed by atoms with Gasteiger partial charge in [0.2, 0.25) is 0 Å². The van der Waals surface area contributed by atoms with Crippen molar-refractivity contribution in [3.05, 3.63) is 98.5 Å². The number of carbonyl (C=O) groups excluding carboxylic acids is 2. The maximum atomic E-state index is 11.9. The van der Waals surface area contributed by atoms with E-state index in [1.807, 2.05) is 0 Å². The van der Waals surface area contributed by atoms with Gasteiger partial charge in [-0.15, -0.1) is 0 Å². The Bertz CT molecular complexity index is 1770. The Balaban J connectivity index is 0.000000270. The average molecular weight is 708 g/mol. The maximum Gasteiger partial charge on any atom is 0.339 e. The summed E-state index contributed by atoms with van der Waals surface area (Å²) in [4.78, 5) is 52.4. The van der Waals surface area contributed by atoms with E-state index in [9.17, 15) is 24.3 Å². The van der Waals surface area contributed by atoms with Crippen LogP contribution in [0.3, 0.4) is 0 Å². The number of halogens is 3. The number of aromatic carboxylic acids is 2. The minimum Gasteiger partial charge on any atom is -0.494 e. The van der Waals surface area contributed by atoms with Crippen LogP contribution in [0.25, 0.3) is 0 Å². The van der Waals surface area contributed by atoms with Crippen molar-refractivity contribution in [2.24, 2.45) is 0 Å². The van der Waals surface area contributed by atoms with E-state index in [2.05, 4.69) is 25.9 Å². The first kappa shape index (κ1) is 37.9. The van der Waals surface area contributed by atoms with E-state index in [1.54, 1.807) is 24.3 Å². The molecule has 17 heteroatoms. The van der Waals surface area contributed by atoms with Gasteiger partial charge in [0.15, 0.2) is 11.5 Å². The highest BCUT2D eigenvalue weighted by molar-refractivity contribution is 6.36. The second-order valence-corrected chi connectivity index (χ2v) is 9.93. The minimum absolute atomic E-state index is 0.000791. The van der Waals surface area contributed by atoms with Gasteiger partial charge in [-0.25, -0.2) is 19.6 Å². The number of methoxy groups -OCH3 is 2. The second-order valence-electron chi connectivity index (χ2n) is 8.75. The van der Waals surface area contributed by atoms with E-state index in [1.165, 1.54) is 65.0 Å². The number of nitrogens with two attached hydrogens (primary N) is 1. The number of benzene rings is 2. The molecule has 0 bridgehead atoms. The molecule has 0 atom stereocenters. The summed E-state index contributed by atoms with van der Waals surface area (Å²) in [6.45, 7) is 0. The van der Waals surface area contributed by atoms with Crippen molar-refractivity contribution in [1.29, 1.82) is 0 Å². The van der Waals surface area contributed by atoms with Crippen LogP contribution in [-0.2, 0) is 0 Å². The zero-order valence-corrected chi connectivity index (χ0v) is 27.5. The molecule has 0 radical (unpaired) electrons. The van der Waals surface area contributed by atoms with Crippen molar-refractivity contribution >= 4 is 75.6 Å². The number of pyridine rings is 2. The lowest BCUT2D eigenvalue weighted by atomic mass is 10.1. The number of aromatic nitrogens is 2. The summed E-state index contributed by atoms with van der Waals surface area (Å²) in [6, 6.07) is 12.1. The van der Waals surface area contributed by atoms with Gasteiger partial charge in [0.25, 0.3) is 11.8 Å². The third-order valence-corrected chi connectivity index (χ3v) is 6.56. The molecule has 0 aliphatic rings.